The molecule has 0 unspecified atom stereocenters. The third-order valence-electron chi connectivity index (χ3n) is 5.91. The number of nitrogens with two attached hydrogens (primary N) is 1. The number of hydrogen-bond acceptors (Lipinski definition) is 6. The van der Waals surface area contributed by atoms with Gasteiger partial charge in [0.05, 0.1) is 23.1 Å². The standard InChI is InChI=1S/C24H29N7/c1-13-8-15(3)20(10-14(13)2)27-24-26-12-19(25)23(28-24)30(6)21-11-22-18(9-16(21)4)17(5)29-31(22)7/h8-12H,25H2,1-7H3,(H,26,27,28). The molecule has 0 atom stereocenters. The highest BCUT2D eigenvalue weighted by atomic mass is 15.3. The number of aromatic nitrogens is 4. The van der Waals surface area contributed by atoms with E-state index in [1.165, 1.54) is 11.1 Å². The van der Waals surface area contributed by atoms with Crippen molar-refractivity contribution in [2.75, 3.05) is 23.0 Å². The highest BCUT2D eigenvalue weighted by Gasteiger charge is 2.17. The molecule has 0 spiro atoms. The van der Waals surface area contributed by atoms with E-state index in [9.17, 15) is 0 Å². The fourth-order valence-corrected chi connectivity index (χ4v) is 3.98. The molecule has 160 valence electrons. The Kier molecular flexibility index (Phi) is 5.05. The average molecular weight is 416 g/mol. The van der Waals surface area contributed by atoms with Crippen molar-refractivity contribution in [1.29, 1.82) is 0 Å². The molecule has 0 radical (unpaired) electrons. The first-order valence-electron chi connectivity index (χ1n) is 10.3. The summed E-state index contributed by atoms with van der Waals surface area (Å²) < 4.78 is 1.90. The van der Waals surface area contributed by atoms with E-state index in [1.54, 1.807) is 6.20 Å². The lowest BCUT2D eigenvalue weighted by Crippen LogP contribution is -2.16. The van der Waals surface area contributed by atoms with E-state index in [1.807, 2.05) is 30.6 Å². The first kappa shape index (κ1) is 20.7. The number of rotatable bonds is 4. The van der Waals surface area contributed by atoms with Crippen LogP contribution in [0.15, 0.2) is 30.5 Å². The Balaban J connectivity index is 1.73. The fraction of sp³-hybridized carbons (Fsp3) is 0.292. The number of nitrogens with one attached hydrogen (secondary N) is 1. The summed E-state index contributed by atoms with van der Waals surface area (Å²) in [6.07, 6.45) is 1.65. The van der Waals surface area contributed by atoms with Gasteiger partial charge in [0.2, 0.25) is 5.95 Å². The normalized spacial score (nSPS) is 11.2. The Hall–Kier alpha value is -3.61. The van der Waals surface area contributed by atoms with Crippen molar-refractivity contribution in [2.24, 2.45) is 7.05 Å². The van der Waals surface area contributed by atoms with Crippen LogP contribution in [-0.4, -0.2) is 26.8 Å². The smallest absolute Gasteiger partial charge is 0.229 e. The molecule has 0 fully saturated rings. The van der Waals surface area contributed by atoms with Crippen molar-refractivity contribution < 1.29 is 0 Å². The van der Waals surface area contributed by atoms with Crippen LogP contribution < -0.4 is 16.0 Å². The van der Waals surface area contributed by atoms with Gasteiger partial charge in [-0.15, -0.1) is 0 Å². The van der Waals surface area contributed by atoms with E-state index in [0.717, 1.165) is 39.1 Å². The Morgan fingerprint density at radius 2 is 1.65 bits per heavy atom. The molecule has 7 heteroatoms. The van der Waals surface area contributed by atoms with Gasteiger partial charge in [-0.1, -0.05) is 6.07 Å². The van der Waals surface area contributed by atoms with Crippen LogP contribution in [-0.2, 0) is 7.05 Å². The van der Waals surface area contributed by atoms with E-state index < -0.39 is 0 Å². The second-order valence-corrected chi connectivity index (χ2v) is 8.27. The third-order valence-corrected chi connectivity index (χ3v) is 5.91. The lowest BCUT2D eigenvalue weighted by Gasteiger charge is -2.23. The molecule has 0 aliphatic carbocycles. The number of aryl methyl sites for hydroxylation is 6. The molecule has 0 aliphatic rings. The molecule has 0 amide bonds. The maximum absolute atomic E-state index is 6.28. The second-order valence-electron chi connectivity index (χ2n) is 8.27. The van der Waals surface area contributed by atoms with Crippen LogP contribution in [0.3, 0.4) is 0 Å². The number of anilines is 5. The van der Waals surface area contributed by atoms with Gasteiger partial charge in [-0.05, 0) is 75.1 Å². The largest absolute Gasteiger partial charge is 0.394 e. The van der Waals surface area contributed by atoms with Gasteiger partial charge in [-0.25, -0.2) is 4.98 Å². The second kappa shape index (κ2) is 7.58. The Morgan fingerprint density at radius 3 is 2.39 bits per heavy atom. The molecule has 4 rings (SSSR count). The van der Waals surface area contributed by atoms with E-state index in [4.69, 9.17) is 10.7 Å². The van der Waals surface area contributed by atoms with E-state index in [2.05, 4.69) is 67.4 Å². The molecule has 0 saturated heterocycles. The molecule has 0 bridgehead atoms. The van der Waals surface area contributed by atoms with Crippen LogP contribution in [0.5, 0.6) is 0 Å². The lowest BCUT2D eigenvalue weighted by atomic mass is 10.1. The Labute approximate surface area is 182 Å². The number of fused-ring (bicyclic) bond motifs is 1. The molecule has 0 saturated carbocycles. The Bertz CT molecular complexity index is 1300. The van der Waals surface area contributed by atoms with Gasteiger partial charge in [-0.2, -0.15) is 10.1 Å². The van der Waals surface area contributed by atoms with Crippen molar-refractivity contribution in [3.05, 3.63) is 58.4 Å². The predicted molar refractivity (Wildman–Crippen MR) is 129 cm³/mol. The number of nitrogen functional groups attached to an aromatic ring is 1. The summed E-state index contributed by atoms with van der Waals surface area (Å²) in [5.41, 5.74) is 15.7. The van der Waals surface area contributed by atoms with Crippen LogP contribution in [0.1, 0.15) is 27.9 Å². The average Bonchev–Trinajstić information content (AvgIpc) is 2.99. The molecule has 7 nitrogen and oxygen atoms in total. The van der Waals surface area contributed by atoms with Crippen molar-refractivity contribution in [3.63, 3.8) is 0 Å². The molecule has 2 aromatic heterocycles. The first-order valence-corrected chi connectivity index (χ1v) is 10.3. The van der Waals surface area contributed by atoms with Crippen LogP contribution in [0, 0.1) is 34.6 Å². The molecule has 0 aliphatic heterocycles. The fourth-order valence-electron chi connectivity index (χ4n) is 3.98. The highest BCUT2D eigenvalue weighted by molar-refractivity contribution is 5.88. The van der Waals surface area contributed by atoms with Crippen LogP contribution in [0.2, 0.25) is 0 Å². The van der Waals surface area contributed by atoms with Crippen molar-refractivity contribution >= 4 is 39.7 Å². The van der Waals surface area contributed by atoms with Gasteiger partial charge >= 0.3 is 0 Å². The first-order chi connectivity index (χ1) is 14.7. The maximum atomic E-state index is 6.28. The predicted octanol–water partition coefficient (Wildman–Crippen LogP) is 5.00. The molecule has 2 aromatic carbocycles. The number of hydrogen-bond donors (Lipinski definition) is 2. The zero-order valence-corrected chi connectivity index (χ0v) is 19.2. The minimum Gasteiger partial charge on any atom is -0.394 e. The topological polar surface area (TPSA) is 84.9 Å². The zero-order chi connectivity index (χ0) is 22.4. The molecule has 31 heavy (non-hydrogen) atoms. The van der Waals surface area contributed by atoms with E-state index >= 15 is 0 Å². The van der Waals surface area contributed by atoms with Crippen LogP contribution in [0.4, 0.5) is 28.8 Å². The van der Waals surface area contributed by atoms with Crippen LogP contribution in [0.25, 0.3) is 10.9 Å². The summed E-state index contributed by atoms with van der Waals surface area (Å²) in [6, 6.07) is 8.58. The lowest BCUT2D eigenvalue weighted by molar-refractivity contribution is 0.783. The van der Waals surface area contributed by atoms with Crippen LogP contribution >= 0.6 is 0 Å². The number of nitrogens with zero attached hydrogens (tertiary/aromatic N) is 5. The van der Waals surface area contributed by atoms with E-state index in [-0.39, 0.29) is 0 Å². The SMILES string of the molecule is Cc1cc(C)c(Nc2ncc(N)c(N(C)c3cc4c(cc3C)c(C)nn4C)n2)cc1C. The molecule has 4 aromatic rings. The summed E-state index contributed by atoms with van der Waals surface area (Å²) in [7, 11) is 3.93. The minimum absolute atomic E-state index is 0.512. The molecule has 2 heterocycles. The van der Waals surface area contributed by atoms with Crippen molar-refractivity contribution in [3.8, 4) is 0 Å². The quantitative estimate of drug-likeness (QED) is 0.488. The molecular weight excluding hydrogens is 386 g/mol. The Morgan fingerprint density at radius 1 is 0.935 bits per heavy atom. The summed E-state index contributed by atoms with van der Waals surface area (Å²) in [5.74, 6) is 1.16. The minimum atomic E-state index is 0.512. The van der Waals surface area contributed by atoms with Gasteiger partial charge in [-0.3, -0.25) is 4.68 Å². The van der Waals surface area contributed by atoms with Crippen molar-refractivity contribution in [2.45, 2.75) is 34.6 Å². The summed E-state index contributed by atoms with van der Waals surface area (Å²) in [4.78, 5) is 11.2. The van der Waals surface area contributed by atoms with E-state index in [0.29, 0.717) is 17.5 Å². The summed E-state index contributed by atoms with van der Waals surface area (Å²) >= 11 is 0. The van der Waals surface area contributed by atoms with Gasteiger partial charge in [0.1, 0.15) is 0 Å². The highest BCUT2D eigenvalue weighted by Crippen LogP contribution is 2.34. The van der Waals surface area contributed by atoms with Gasteiger partial charge in [0.25, 0.3) is 0 Å². The third kappa shape index (κ3) is 3.67. The summed E-state index contributed by atoms with van der Waals surface area (Å²) in [6.45, 7) is 10.4. The molecular formula is C24H29N7. The number of benzene rings is 2. The maximum Gasteiger partial charge on any atom is 0.229 e. The van der Waals surface area contributed by atoms with Gasteiger partial charge < -0.3 is 16.0 Å². The van der Waals surface area contributed by atoms with Gasteiger partial charge in [0.15, 0.2) is 5.82 Å². The summed E-state index contributed by atoms with van der Waals surface area (Å²) in [5, 5.41) is 9.05. The molecule has 3 N–H and O–H groups in total. The zero-order valence-electron chi connectivity index (χ0n) is 19.2. The van der Waals surface area contributed by atoms with Crippen molar-refractivity contribution in [1.82, 2.24) is 19.7 Å². The van der Waals surface area contributed by atoms with Gasteiger partial charge in [0, 0.05) is 30.9 Å². The monoisotopic (exact) mass is 415 g/mol.